The van der Waals surface area contributed by atoms with Gasteiger partial charge in [-0.25, -0.2) is 0 Å². The maximum Gasteiger partial charge on any atom is 0.306 e. The highest BCUT2D eigenvalue weighted by molar-refractivity contribution is 5.71. The van der Waals surface area contributed by atoms with Gasteiger partial charge in [-0.05, 0) is 25.2 Å². The second-order valence-corrected chi connectivity index (χ2v) is 20.4. The maximum atomic E-state index is 12.8. The largest absolute Gasteiger partial charge is 0.462 e. The van der Waals surface area contributed by atoms with Gasteiger partial charge in [-0.1, -0.05) is 291 Å². The van der Waals surface area contributed by atoms with Crippen LogP contribution in [0.1, 0.15) is 329 Å². The standard InChI is InChI=1S/C58H112O6/c1-5-7-9-11-13-15-17-19-26-29-33-37-41-45-49-56(59)62-52-55(64-58(61)51-47-43-39-35-31-24-18-16-14-12-10-8-6-2)53-63-57(60)50-46-42-38-34-30-27-23-21-20-22-25-28-32-36-40-44-48-54(3)4/h54-55H,5-53H2,1-4H3/t55-/m0/s1. The van der Waals surface area contributed by atoms with E-state index >= 15 is 0 Å². The first-order chi connectivity index (χ1) is 31.4. The summed E-state index contributed by atoms with van der Waals surface area (Å²) in [5.41, 5.74) is 0. The van der Waals surface area contributed by atoms with Crippen LogP contribution < -0.4 is 0 Å². The predicted molar refractivity (Wildman–Crippen MR) is 275 cm³/mol. The van der Waals surface area contributed by atoms with Crippen LogP contribution in [0.3, 0.4) is 0 Å². The monoisotopic (exact) mass is 905 g/mol. The lowest BCUT2D eigenvalue weighted by Crippen LogP contribution is -2.30. The van der Waals surface area contributed by atoms with E-state index in [2.05, 4.69) is 27.7 Å². The zero-order valence-electron chi connectivity index (χ0n) is 43.8. The molecule has 6 nitrogen and oxygen atoms in total. The highest BCUT2D eigenvalue weighted by Gasteiger charge is 2.19. The molecule has 0 aliphatic heterocycles. The Morgan fingerprint density at radius 2 is 0.516 bits per heavy atom. The Kier molecular flexibility index (Phi) is 51.1. The van der Waals surface area contributed by atoms with Gasteiger partial charge in [0, 0.05) is 19.3 Å². The van der Waals surface area contributed by atoms with Gasteiger partial charge >= 0.3 is 17.9 Å². The van der Waals surface area contributed by atoms with Crippen molar-refractivity contribution in [3.8, 4) is 0 Å². The predicted octanol–water partition coefficient (Wildman–Crippen LogP) is 19.0. The molecule has 0 N–H and O–H groups in total. The quantitative estimate of drug-likeness (QED) is 0.0344. The fourth-order valence-corrected chi connectivity index (χ4v) is 8.92. The molecule has 0 heterocycles. The van der Waals surface area contributed by atoms with E-state index < -0.39 is 6.10 Å². The lowest BCUT2D eigenvalue weighted by atomic mass is 10.0. The molecule has 0 saturated carbocycles. The van der Waals surface area contributed by atoms with E-state index in [1.165, 1.54) is 225 Å². The van der Waals surface area contributed by atoms with Gasteiger partial charge in [0.2, 0.25) is 0 Å². The third kappa shape index (κ3) is 51.4. The normalized spacial score (nSPS) is 12.0. The Morgan fingerprint density at radius 3 is 0.766 bits per heavy atom. The van der Waals surface area contributed by atoms with E-state index in [4.69, 9.17) is 14.2 Å². The van der Waals surface area contributed by atoms with Gasteiger partial charge in [-0.15, -0.1) is 0 Å². The summed E-state index contributed by atoms with van der Waals surface area (Å²) >= 11 is 0. The van der Waals surface area contributed by atoms with Gasteiger partial charge in [0.1, 0.15) is 13.2 Å². The van der Waals surface area contributed by atoms with Crippen LogP contribution >= 0.6 is 0 Å². The average molecular weight is 906 g/mol. The third-order valence-electron chi connectivity index (χ3n) is 13.3. The zero-order valence-corrected chi connectivity index (χ0v) is 43.8. The van der Waals surface area contributed by atoms with E-state index in [0.717, 1.165) is 63.7 Å². The second-order valence-electron chi connectivity index (χ2n) is 20.4. The first-order valence-corrected chi connectivity index (χ1v) is 28.9. The maximum absolute atomic E-state index is 12.8. The van der Waals surface area contributed by atoms with Crippen LogP contribution in [0.15, 0.2) is 0 Å². The van der Waals surface area contributed by atoms with Gasteiger partial charge in [0.15, 0.2) is 6.10 Å². The highest BCUT2D eigenvalue weighted by atomic mass is 16.6. The van der Waals surface area contributed by atoms with Crippen molar-refractivity contribution in [1.29, 1.82) is 0 Å². The van der Waals surface area contributed by atoms with Crippen LogP contribution in [0.4, 0.5) is 0 Å². The van der Waals surface area contributed by atoms with Crippen molar-refractivity contribution in [1.82, 2.24) is 0 Å². The minimum Gasteiger partial charge on any atom is -0.462 e. The van der Waals surface area contributed by atoms with Gasteiger partial charge in [0.25, 0.3) is 0 Å². The molecule has 1 atom stereocenters. The van der Waals surface area contributed by atoms with E-state index in [9.17, 15) is 14.4 Å². The van der Waals surface area contributed by atoms with Gasteiger partial charge < -0.3 is 14.2 Å². The molecule has 0 aliphatic rings. The SMILES string of the molecule is CCCCCCCCCCCCCCCCC(=O)OC[C@@H](COC(=O)CCCCCCCCCCCCCCCCCCC(C)C)OC(=O)CCCCCCCCCCCCCCC. The molecule has 380 valence electrons. The molecule has 0 bridgehead atoms. The van der Waals surface area contributed by atoms with Crippen molar-refractivity contribution >= 4 is 17.9 Å². The van der Waals surface area contributed by atoms with Crippen molar-refractivity contribution in [2.75, 3.05) is 13.2 Å². The van der Waals surface area contributed by atoms with Crippen LogP contribution in [0, 0.1) is 5.92 Å². The summed E-state index contributed by atoms with van der Waals surface area (Å²) in [4.78, 5) is 38.1. The fraction of sp³-hybridized carbons (Fsp3) is 0.948. The Morgan fingerprint density at radius 1 is 0.297 bits per heavy atom. The first kappa shape index (κ1) is 62.4. The summed E-state index contributed by atoms with van der Waals surface area (Å²) in [6.45, 7) is 9.07. The third-order valence-corrected chi connectivity index (χ3v) is 13.3. The van der Waals surface area contributed by atoms with Crippen LogP contribution in [-0.2, 0) is 28.6 Å². The summed E-state index contributed by atoms with van der Waals surface area (Å²) in [7, 11) is 0. The van der Waals surface area contributed by atoms with E-state index in [1.807, 2.05) is 0 Å². The number of unbranched alkanes of at least 4 members (excludes halogenated alkanes) is 40. The number of esters is 3. The molecule has 0 fully saturated rings. The van der Waals surface area contributed by atoms with E-state index in [0.29, 0.717) is 19.3 Å². The van der Waals surface area contributed by atoms with Crippen LogP contribution in [0.25, 0.3) is 0 Å². The zero-order chi connectivity index (χ0) is 46.7. The minimum atomic E-state index is -0.761. The lowest BCUT2D eigenvalue weighted by Gasteiger charge is -2.18. The van der Waals surface area contributed by atoms with Crippen LogP contribution in [0.2, 0.25) is 0 Å². The van der Waals surface area contributed by atoms with Crippen molar-refractivity contribution in [3.05, 3.63) is 0 Å². The number of ether oxygens (including phenoxy) is 3. The van der Waals surface area contributed by atoms with Crippen molar-refractivity contribution in [2.24, 2.45) is 5.92 Å². The number of carbonyl (C=O) groups is 3. The Hall–Kier alpha value is -1.59. The van der Waals surface area contributed by atoms with E-state index in [1.54, 1.807) is 0 Å². The summed E-state index contributed by atoms with van der Waals surface area (Å²) < 4.78 is 16.9. The molecule has 0 aromatic rings. The second kappa shape index (κ2) is 52.4. The van der Waals surface area contributed by atoms with Gasteiger partial charge in [0.05, 0.1) is 0 Å². The summed E-state index contributed by atoms with van der Waals surface area (Å²) in [5.74, 6) is 0.0179. The Labute approximate surface area is 399 Å². The number of hydrogen-bond donors (Lipinski definition) is 0. The summed E-state index contributed by atoms with van der Waals surface area (Å²) in [6, 6.07) is 0. The molecule has 0 rings (SSSR count). The molecule has 0 radical (unpaired) electrons. The van der Waals surface area contributed by atoms with Crippen molar-refractivity contribution < 1.29 is 28.6 Å². The van der Waals surface area contributed by atoms with Gasteiger partial charge in [-0.3, -0.25) is 14.4 Å². The number of hydrogen-bond acceptors (Lipinski definition) is 6. The molecule has 0 amide bonds. The number of rotatable bonds is 53. The Balaban J connectivity index is 4.26. The highest BCUT2D eigenvalue weighted by Crippen LogP contribution is 2.18. The summed E-state index contributed by atoms with van der Waals surface area (Å²) in [6.07, 6.45) is 56.6. The molecular weight excluding hydrogens is 793 g/mol. The molecule has 6 heteroatoms. The molecule has 0 aliphatic carbocycles. The first-order valence-electron chi connectivity index (χ1n) is 28.9. The molecule has 0 aromatic heterocycles. The lowest BCUT2D eigenvalue weighted by molar-refractivity contribution is -0.167. The fourth-order valence-electron chi connectivity index (χ4n) is 8.92. The molecule has 0 spiro atoms. The van der Waals surface area contributed by atoms with Crippen LogP contribution in [-0.4, -0.2) is 37.2 Å². The van der Waals surface area contributed by atoms with Gasteiger partial charge in [-0.2, -0.15) is 0 Å². The minimum absolute atomic E-state index is 0.0618. The topological polar surface area (TPSA) is 78.9 Å². The molecule has 64 heavy (non-hydrogen) atoms. The van der Waals surface area contributed by atoms with Crippen molar-refractivity contribution in [2.45, 2.75) is 336 Å². The molecular formula is C58H112O6. The molecule has 0 saturated heterocycles. The average Bonchev–Trinajstić information content (AvgIpc) is 3.28. The molecule has 0 unspecified atom stereocenters. The Bertz CT molecular complexity index is 964. The molecule has 0 aromatic carbocycles. The summed E-state index contributed by atoms with van der Waals surface area (Å²) in [5, 5.41) is 0. The smallest absolute Gasteiger partial charge is 0.306 e. The van der Waals surface area contributed by atoms with Crippen LogP contribution in [0.5, 0.6) is 0 Å². The number of carbonyl (C=O) groups excluding carboxylic acids is 3. The van der Waals surface area contributed by atoms with E-state index in [-0.39, 0.29) is 31.1 Å². The van der Waals surface area contributed by atoms with Crippen molar-refractivity contribution in [3.63, 3.8) is 0 Å².